The number of allylic oxidation sites excluding steroid dienone is 1. The number of pyridine rings is 1. The number of rotatable bonds is 8. The van der Waals surface area contributed by atoms with Crippen LogP contribution < -0.4 is 10.6 Å². The van der Waals surface area contributed by atoms with Crippen LogP contribution in [-0.2, 0) is 46.8 Å². The largest absolute Gasteiger partial charge is 0.446 e. The summed E-state index contributed by atoms with van der Waals surface area (Å²) >= 11 is 0. The summed E-state index contributed by atoms with van der Waals surface area (Å²) in [5.41, 5.74) is 0.665. The second-order valence-corrected chi connectivity index (χ2v) is 17.8. The van der Waals surface area contributed by atoms with Gasteiger partial charge in [-0.1, -0.05) is 25.0 Å². The van der Waals surface area contributed by atoms with E-state index >= 15 is 0 Å². The first-order valence-electron chi connectivity index (χ1n) is 18.7. The molecule has 13 nitrogen and oxygen atoms in total. The number of alkyl carbamates (subject to hydrolysis) is 1. The Morgan fingerprint density at radius 2 is 1.76 bits per heavy atom. The fraction of sp³-hybridized carbons (Fsp3) is 0.676. The molecule has 7 rings (SSSR count). The summed E-state index contributed by atoms with van der Waals surface area (Å²) in [6, 6.07) is -0.0423. The molecule has 4 heterocycles. The average molecular weight is 724 g/mol. The number of fused-ring (bicyclic) bond motifs is 3. The van der Waals surface area contributed by atoms with Crippen molar-refractivity contribution in [3.8, 4) is 0 Å². The van der Waals surface area contributed by atoms with Crippen LogP contribution in [0, 0.1) is 11.8 Å². The van der Waals surface area contributed by atoms with Crippen LogP contribution in [0.15, 0.2) is 30.6 Å². The summed E-state index contributed by atoms with van der Waals surface area (Å²) in [5, 5.41) is 5.25. The van der Waals surface area contributed by atoms with Gasteiger partial charge in [0.25, 0.3) is 0 Å². The third kappa shape index (κ3) is 8.00. The molecule has 0 unspecified atom stereocenters. The van der Waals surface area contributed by atoms with Crippen molar-refractivity contribution < 1.29 is 37.1 Å². The van der Waals surface area contributed by atoms with Crippen molar-refractivity contribution in [1.82, 2.24) is 25.4 Å². The van der Waals surface area contributed by atoms with Gasteiger partial charge in [-0.2, -0.15) is 0 Å². The Bertz CT molecular complexity index is 1660. The second-order valence-electron chi connectivity index (χ2n) is 15.5. The standard InChI is InChI=1S/C37H49N5O8S/c43-32(23-51(48,49)29-12-13-29)37-18-27(37)8-4-2-1-3-5-11-30(39-36(47)50-28-9-6-7-10-28)35(46)42-20-24(16-31(42)34(45)40-37)17-33(44)41-21-25-14-15-38-19-26(25)22-41/h4,8,14-15,19,24,27-31H,1-3,5-7,9-13,16-18,20-23H2,(H,39,47)(H,40,45)/b8-4-/t24-,27+,30-,31-,37+/m0/s1. The van der Waals surface area contributed by atoms with Gasteiger partial charge in [0.05, 0.1) is 5.25 Å². The number of sulfone groups is 1. The van der Waals surface area contributed by atoms with Crippen molar-refractivity contribution in [3.05, 3.63) is 41.7 Å². The molecule has 4 fully saturated rings. The van der Waals surface area contributed by atoms with Gasteiger partial charge in [-0.15, -0.1) is 0 Å². The molecule has 2 N–H and O–H groups in total. The fourth-order valence-corrected chi connectivity index (χ4v) is 10.1. The summed E-state index contributed by atoms with van der Waals surface area (Å²) in [4.78, 5) is 76.4. The van der Waals surface area contributed by atoms with Gasteiger partial charge in [0, 0.05) is 44.4 Å². The summed E-state index contributed by atoms with van der Waals surface area (Å²) < 4.78 is 31.4. The lowest BCUT2D eigenvalue weighted by Crippen LogP contribution is -2.57. The third-order valence-electron chi connectivity index (χ3n) is 11.6. The van der Waals surface area contributed by atoms with E-state index in [1.807, 2.05) is 18.2 Å². The molecule has 1 aromatic rings. The first kappa shape index (κ1) is 35.6. The highest BCUT2D eigenvalue weighted by molar-refractivity contribution is 7.93. The van der Waals surface area contributed by atoms with Crippen LogP contribution in [-0.4, -0.2) is 94.1 Å². The molecule has 14 heteroatoms. The first-order valence-corrected chi connectivity index (χ1v) is 20.4. The molecule has 0 aromatic carbocycles. The molecule has 4 amide bonds. The minimum absolute atomic E-state index is 0.0917. The lowest BCUT2D eigenvalue weighted by atomic mass is 10.00. The normalized spacial score (nSPS) is 30.7. The number of hydrogen-bond acceptors (Lipinski definition) is 9. The van der Waals surface area contributed by atoms with Crippen LogP contribution in [0.5, 0.6) is 0 Å². The van der Waals surface area contributed by atoms with Crippen molar-refractivity contribution in [2.45, 2.75) is 132 Å². The van der Waals surface area contributed by atoms with E-state index in [2.05, 4.69) is 15.6 Å². The topological polar surface area (TPSA) is 172 Å². The molecule has 1 saturated heterocycles. The monoisotopic (exact) mass is 723 g/mol. The molecule has 0 radical (unpaired) electrons. The van der Waals surface area contributed by atoms with E-state index in [1.165, 1.54) is 4.90 Å². The molecule has 0 spiro atoms. The molecule has 51 heavy (non-hydrogen) atoms. The zero-order valence-electron chi connectivity index (χ0n) is 29.1. The van der Waals surface area contributed by atoms with Crippen LogP contribution in [0.2, 0.25) is 0 Å². The smallest absolute Gasteiger partial charge is 0.408 e. The van der Waals surface area contributed by atoms with Crippen LogP contribution in [0.1, 0.15) is 101 Å². The van der Waals surface area contributed by atoms with Gasteiger partial charge < -0.3 is 25.2 Å². The van der Waals surface area contributed by atoms with Crippen molar-refractivity contribution in [1.29, 1.82) is 0 Å². The molecular weight excluding hydrogens is 675 g/mol. The molecule has 3 aliphatic heterocycles. The first-order chi connectivity index (χ1) is 24.5. The van der Waals surface area contributed by atoms with E-state index in [4.69, 9.17) is 4.74 Å². The summed E-state index contributed by atoms with van der Waals surface area (Å²) in [7, 11) is -3.62. The summed E-state index contributed by atoms with van der Waals surface area (Å²) in [5.74, 6) is -2.91. The number of nitrogens with zero attached hydrogens (tertiary/aromatic N) is 3. The average Bonchev–Trinajstić information content (AvgIpc) is 3.88. The number of carbonyl (C=O) groups excluding carboxylic acids is 5. The third-order valence-corrected chi connectivity index (χ3v) is 13.8. The Hall–Kier alpha value is -3.81. The number of aromatic nitrogens is 1. The van der Waals surface area contributed by atoms with Crippen molar-refractivity contribution in [3.63, 3.8) is 0 Å². The summed E-state index contributed by atoms with van der Waals surface area (Å²) in [6.45, 7) is 1.04. The molecule has 3 saturated carbocycles. The maximum atomic E-state index is 14.4. The van der Waals surface area contributed by atoms with Crippen LogP contribution in [0.3, 0.4) is 0 Å². The molecule has 0 bridgehead atoms. The van der Waals surface area contributed by atoms with Gasteiger partial charge in [0.2, 0.25) is 17.7 Å². The Balaban J connectivity index is 1.12. The van der Waals surface area contributed by atoms with Crippen LogP contribution >= 0.6 is 0 Å². The Morgan fingerprint density at radius 1 is 1.00 bits per heavy atom. The van der Waals surface area contributed by atoms with Gasteiger partial charge in [-0.3, -0.25) is 24.2 Å². The molecule has 5 atom stereocenters. The maximum absolute atomic E-state index is 14.4. The zero-order chi connectivity index (χ0) is 35.8. The number of Topliss-reactive ketones (excluding diaryl/α,β-unsaturated/α-hetero) is 1. The van der Waals surface area contributed by atoms with E-state index in [0.717, 1.165) is 56.1 Å². The highest BCUT2D eigenvalue weighted by atomic mass is 32.2. The van der Waals surface area contributed by atoms with E-state index in [1.54, 1.807) is 17.3 Å². The van der Waals surface area contributed by atoms with Crippen LogP contribution in [0.25, 0.3) is 0 Å². The van der Waals surface area contributed by atoms with Crippen molar-refractivity contribution >= 4 is 39.4 Å². The number of amides is 4. The van der Waals surface area contributed by atoms with Gasteiger partial charge in [0.15, 0.2) is 15.6 Å². The number of carbonyl (C=O) groups is 5. The molecule has 3 aliphatic carbocycles. The minimum Gasteiger partial charge on any atom is -0.446 e. The lowest BCUT2D eigenvalue weighted by molar-refractivity contribution is -0.141. The highest BCUT2D eigenvalue weighted by Crippen LogP contribution is 2.47. The maximum Gasteiger partial charge on any atom is 0.408 e. The van der Waals surface area contributed by atoms with Gasteiger partial charge >= 0.3 is 6.09 Å². The Morgan fingerprint density at radius 3 is 2.53 bits per heavy atom. The number of ketones is 1. The van der Waals surface area contributed by atoms with Gasteiger partial charge in [0.1, 0.15) is 29.5 Å². The Labute approximate surface area is 299 Å². The summed E-state index contributed by atoms with van der Waals surface area (Å²) in [6.07, 6.45) is 15.1. The lowest BCUT2D eigenvalue weighted by Gasteiger charge is -2.30. The number of hydrogen-bond donors (Lipinski definition) is 2. The van der Waals surface area contributed by atoms with Gasteiger partial charge in [-0.25, -0.2) is 13.2 Å². The van der Waals surface area contributed by atoms with Crippen molar-refractivity contribution in [2.75, 3.05) is 12.3 Å². The SMILES string of the molecule is O=C(N[C@H]1CCCCC/C=C\[C@@H]2C[C@@]2(C(=O)CS(=O)(=O)C2CC2)NC(=O)[C@@H]2C[C@@H](CC(=O)N3Cc4ccncc4C3)CN2C1=O)OC1CCCC1. The predicted molar refractivity (Wildman–Crippen MR) is 185 cm³/mol. The van der Waals surface area contributed by atoms with E-state index in [0.29, 0.717) is 45.2 Å². The number of nitrogens with one attached hydrogen (secondary N) is 2. The highest BCUT2D eigenvalue weighted by Gasteiger charge is 2.61. The van der Waals surface area contributed by atoms with E-state index in [-0.39, 0.29) is 43.2 Å². The number of ether oxygens (including phenoxy) is 1. The fourth-order valence-electron chi connectivity index (χ4n) is 8.39. The minimum atomic E-state index is -3.62. The Kier molecular flexibility index (Phi) is 10.2. The molecule has 1 aromatic heterocycles. The van der Waals surface area contributed by atoms with Crippen molar-refractivity contribution in [2.24, 2.45) is 11.8 Å². The second kappa shape index (κ2) is 14.7. The van der Waals surface area contributed by atoms with Gasteiger partial charge in [-0.05, 0) is 93.7 Å². The molecule has 6 aliphatic rings. The molecular formula is C37H49N5O8S. The van der Waals surface area contributed by atoms with E-state index < -0.39 is 62.2 Å². The zero-order valence-corrected chi connectivity index (χ0v) is 29.9. The van der Waals surface area contributed by atoms with Crippen LogP contribution in [0.4, 0.5) is 4.79 Å². The quantitative estimate of drug-likeness (QED) is 0.383. The van der Waals surface area contributed by atoms with E-state index in [9.17, 15) is 32.4 Å². The predicted octanol–water partition coefficient (Wildman–Crippen LogP) is 3.11. The molecule has 276 valence electrons.